The van der Waals surface area contributed by atoms with E-state index in [1.165, 1.54) is 0 Å². The Morgan fingerprint density at radius 1 is 1.14 bits per heavy atom. The Hall–Kier alpha value is -3.67. The van der Waals surface area contributed by atoms with E-state index in [0.29, 0.717) is 43.2 Å². The number of halogens is 3. The minimum Gasteiger partial charge on any atom is -0.485 e. The molecule has 0 spiro atoms. The van der Waals surface area contributed by atoms with Crippen molar-refractivity contribution in [3.8, 4) is 22.8 Å². The molecule has 4 heterocycles. The summed E-state index contributed by atoms with van der Waals surface area (Å²) in [5.41, 5.74) is 6.61. The number of nitrogens with one attached hydrogen (secondary N) is 3. The van der Waals surface area contributed by atoms with Gasteiger partial charge < -0.3 is 30.8 Å². The number of fused-ring (bicyclic) bond motifs is 2. The summed E-state index contributed by atoms with van der Waals surface area (Å²) in [5.74, 6) is 1.25. The van der Waals surface area contributed by atoms with Crippen molar-refractivity contribution >= 4 is 17.5 Å². The molecule has 1 aromatic carbocycles. The molecule has 0 radical (unpaired) electrons. The molecule has 1 saturated carbocycles. The third kappa shape index (κ3) is 3.58. The maximum atomic E-state index is 13.9. The number of hydrogen-bond acceptors (Lipinski definition) is 7. The second-order valence-corrected chi connectivity index (χ2v) is 9.32. The van der Waals surface area contributed by atoms with Crippen LogP contribution in [0.15, 0.2) is 35.6 Å². The number of nitrogens with two attached hydrogens (primary N) is 1. The number of aromatic amines is 1. The highest BCUT2D eigenvalue weighted by atomic mass is 19.4. The van der Waals surface area contributed by atoms with Gasteiger partial charge in [-0.1, -0.05) is 12.8 Å². The van der Waals surface area contributed by atoms with Crippen LogP contribution in [0.1, 0.15) is 36.8 Å². The van der Waals surface area contributed by atoms with Gasteiger partial charge in [0.05, 0.1) is 16.9 Å². The fraction of sp³-hybridized carbons (Fsp3) is 0.417. The van der Waals surface area contributed by atoms with Gasteiger partial charge in [-0.25, -0.2) is 4.99 Å². The number of aryl methyl sites for hydroxylation is 1. The molecule has 0 bridgehead atoms. The van der Waals surface area contributed by atoms with Crippen LogP contribution in [-0.2, 0) is 18.9 Å². The first-order valence-electron chi connectivity index (χ1n) is 11.9. The molecule has 5 N–H and O–H groups in total. The molecule has 1 fully saturated rings. The van der Waals surface area contributed by atoms with Gasteiger partial charge in [-0.15, -0.1) is 0 Å². The van der Waals surface area contributed by atoms with Crippen LogP contribution in [-0.4, -0.2) is 33.9 Å². The lowest BCUT2D eigenvalue weighted by molar-refractivity contribution is -0.138. The van der Waals surface area contributed by atoms with Gasteiger partial charge in [0.2, 0.25) is 5.96 Å². The first-order valence-corrected chi connectivity index (χ1v) is 11.9. The van der Waals surface area contributed by atoms with E-state index in [2.05, 4.69) is 25.7 Å². The zero-order valence-corrected chi connectivity index (χ0v) is 19.6. The Kier molecular flexibility index (Phi) is 5.18. The Morgan fingerprint density at radius 2 is 1.89 bits per heavy atom. The second-order valence-electron chi connectivity index (χ2n) is 9.32. The van der Waals surface area contributed by atoms with Crippen molar-refractivity contribution in [2.75, 3.05) is 23.8 Å². The van der Waals surface area contributed by atoms with E-state index in [1.54, 1.807) is 10.9 Å². The predicted molar refractivity (Wildman–Crippen MR) is 128 cm³/mol. The van der Waals surface area contributed by atoms with Gasteiger partial charge in [0, 0.05) is 36.5 Å². The third-order valence-corrected chi connectivity index (χ3v) is 7.14. The number of aromatic nitrogens is 3. The summed E-state index contributed by atoms with van der Waals surface area (Å²) in [5, 5.41) is 10.4. The summed E-state index contributed by atoms with van der Waals surface area (Å²) < 4.78 is 55.2. The fourth-order valence-corrected chi connectivity index (χ4v) is 5.47. The van der Waals surface area contributed by atoms with Gasteiger partial charge in [-0.2, -0.15) is 18.3 Å². The van der Waals surface area contributed by atoms with Crippen molar-refractivity contribution in [3.63, 3.8) is 0 Å². The van der Waals surface area contributed by atoms with Crippen molar-refractivity contribution in [2.24, 2.45) is 23.7 Å². The van der Waals surface area contributed by atoms with E-state index in [4.69, 9.17) is 15.2 Å². The number of rotatable bonds is 3. The highest BCUT2D eigenvalue weighted by Gasteiger charge is 2.49. The number of H-pyrrole nitrogens is 1. The van der Waals surface area contributed by atoms with E-state index in [-0.39, 0.29) is 23.3 Å². The van der Waals surface area contributed by atoms with Gasteiger partial charge in [0.15, 0.2) is 11.5 Å². The highest BCUT2D eigenvalue weighted by Crippen LogP contribution is 2.50. The summed E-state index contributed by atoms with van der Waals surface area (Å²) >= 11 is 0. The van der Waals surface area contributed by atoms with Crippen LogP contribution < -0.4 is 25.8 Å². The van der Waals surface area contributed by atoms with Crippen LogP contribution in [0.5, 0.6) is 11.5 Å². The van der Waals surface area contributed by atoms with Crippen molar-refractivity contribution in [1.29, 1.82) is 0 Å². The van der Waals surface area contributed by atoms with Gasteiger partial charge in [0.25, 0.3) is 0 Å². The molecule has 1 unspecified atom stereocenters. The van der Waals surface area contributed by atoms with Crippen molar-refractivity contribution < 1.29 is 22.6 Å². The number of hydrogen-bond donors (Lipinski definition) is 4. The van der Waals surface area contributed by atoms with Crippen LogP contribution in [0.3, 0.4) is 0 Å². The van der Waals surface area contributed by atoms with Crippen LogP contribution in [0, 0.1) is 5.92 Å². The van der Waals surface area contributed by atoms with Crippen LogP contribution >= 0.6 is 0 Å². The average molecular weight is 502 g/mol. The fourth-order valence-electron chi connectivity index (χ4n) is 5.47. The Morgan fingerprint density at radius 3 is 2.58 bits per heavy atom. The number of benzene rings is 1. The van der Waals surface area contributed by atoms with Crippen LogP contribution in [0.25, 0.3) is 11.3 Å². The first-order chi connectivity index (χ1) is 17.3. The van der Waals surface area contributed by atoms with E-state index < -0.39 is 17.4 Å². The highest BCUT2D eigenvalue weighted by molar-refractivity contribution is 6.06. The summed E-state index contributed by atoms with van der Waals surface area (Å²) in [6.07, 6.45) is 1.33. The molecular formula is C24H26F3N7O2. The quantitative estimate of drug-likeness (QED) is 0.423. The number of anilines is 2. The van der Waals surface area contributed by atoms with E-state index in [9.17, 15) is 13.2 Å². The zero-order valence-electron chi connectivity index (χ0n) is 19.6. The maximum absolute atomic E-state index is 13.9. The lowest BCUT2D eigenvalue weighted by atomic mass is 9.83. The summed E-state index contributed by atoms with van der Waals surface area (Å²) in [4.78, 5) is 7.38. The maximum Gasteiger partial charge on any atom is 0.418 e. The van der Waals surface area contributed by atoms with Gasteiger partial charge >= 0.3 is 6.18 Å². The third-order valence-electron chi connectivity index (χ3n) is 7.14. The molecule has 6 rings (SSSR count). The van der Waals surface area contributed by atoms with Crippen LogP contribution in [0.4, 0.5) is 24.7 Å². The zero-order chi connectivity index (χ0) is 25.1. The Balaban J connectivity index is 1.41. The monoisotopic (exact) mass is 501 g/mol. The Bertz CT molecular complexity index is 1340. The molecule has 9 nitrogen and oxygen atoms in total. The van der Waals surface area contributed by atoms with E-state index >= 15 is 0 Å². The van der Waals surface area contributed by atoms with Crippen molar-refractivity contribution in [3.05, 3.63) is 41.7 Å². The molecule has 1 atom stereocenters. The number of guanidine groups is 1. The van der Waals surface area contributed by atoms with Gasteiger partial charge in [-0.3, -0.25) is 4.68 Å². The molecule has 190 valence electrons. The number of nitrogens with zero attached hydrogens (tertiary/aromatic N) is 3. The standard InChI is InChI=1S/C24H26F3N7O2/c1-34-17(8-9-30-34)14-6-7-16(20-19(14)35-10-11-36-20)31-22-32-21-18(15(12-29-21)24(25,26)27)23(28,33-22)13-4-2-3-5-13/h6-9,12-13,29H,2-5,10-11,28H2,1H3,(H2,31,32,33). The van der Waals surface area contributed by atoms with Crippen molar-refractivity contribution in [2.45, 2.75) is 37.5 Å². The number of alkyl halides is 3. The largest absolute Gasteiger partial charge is 0.485 e. The molecule has 0 amide bonds. The SMILES string of the molecule is Cn1nccc1-c1ccc(NC2=NC(N)(C3CCCC3)c3c(C(F)(F)F)c[nH]c3N2)c2c1OCCO2. The molecule has 2 aliphatic heterocycles. The molecule has 36 heavy (non-hydrogen) atoms. The number of ether oxygens (including phenoxy) is 2. The minimum atomic E-state index is -4.55. The predicted octanol–water partition coefficient (Wildman–Crippen LogP) is 4.40. The summed E-state index contributed by atoms with van der Waals surface area (Å²) in [7, 11) is 1.84. The van der Waals surface area contributed by atoms with Gasteiger partial charge in [-0.05, 0) is 31.0 Å². The lowest BCUT2D eigenvalue weighted by Gasteiger charge is -2.37. The molecule has 12 heteroatoms. The van der Waals surface area contributed by atoms with E-state index in [1.807, 2.05) is 25.2 Å². The van der Waals surface area contributed by atoms with Crippen molar-refractivity contribution in [1.82, 2.24) is 14.8 Å². The molecule has 2 aromatic heterocycles. The smallest absolute Gasteiger partial charge is 0.418 e. The Labute approximate surface area is 204 Å². The number of aliphatic imine (C=N–C) groups is 1. The molecule has 1 aliphatic carbocycles. The normalized spacial score (nSPS) is 21.6. The summed E-state index contributed by atoms with van der Waals surface area (Å²) in [6.45, 7) is 0.745. The van der Waals surface area contributed by atoms with Crippen LogP contribution in [0.2, 0.25) is 0 Å². The topological polar surface area (TPSA) is 115 Å². The second kappa shape index (κ2) is 8.19. The van der Waals surface area contributed by atoms with E-state index in [0.717, 1.165) is 30.3 Å². The first kappa shape index (κ1) is 22.8. The molecule has 0 saturated heterocycles. The summed E-state index contributed by atoms with van der Waals surface area (Å²) in [6, 6.07) is 5.58. The molecular weight excluding hydrogens is 475 g/mol. The van der Waals surface area contributed by atoms with Gasteiger partial charge in [0.1, 0.15) is 24.7 Å². The lowest BCUT2D eigenvalue weighted by Crippen LogP contribution is -2.48. The molecule has 3 aliphatic rings. The average Bonchev–Trinajstić information content (AvgIpc) is 3.60. The minimum absolute atomic E-state index is 0.0411. The molecule has 3 aromatic rings.